The molecule has 0 N–H and O–H groups in total. The van der Waals surface area contributed by atoms with E-state index in [-0.39, 0.29) is 34.5 Å². The molecule has 0 spiro atoms. The number of hydrogen-bond donors (Lipinski definition) is 0. The summed E-state index contributed by atoms with van der Waals surface area (Å²) in [7, 11) is -4.42. The zero-order chi connectivity index (χ0) is 13.3. The van der Waals surface area contributed by atoms with E-state index >= 15 is 0 Å². The Bertz CT molecular complexity index is 693. The Morgan fingerprint density at radius 3 is 2.21 bits per heavy atom. The van der Waals surface area contributed by atoms with Crippen LogP contribution in [-0.2, 0) is 23.0 Å². The van der Waals surface area contributed by atoms with Crippen molar-refractivity contribution in [2.24, 2.45) is 0 Å². The molecular formula is C14H15NaO3S. The minimum absolute atomic E-state index is 0. The molecule has 2 aromatic rings. The number of aryl methyl sites for hydroxylation is 2. The molecular weight excluding hydrogens is 271 g/mol. The maximum absolute atomic E-state index is 11.2. The monoisotopic (exact) mass is 286 g/mol. The zero-order valence-corrected chi connectivity index (χ0v) is 14.3. The van der Waals surface area contributed by atoms with Crippen molar-refractivity contribution < 1.29 is 42.5 Å². The number of hydrogen-bond acceptors (Lipinski definition) is 3. The quantitative estimate of drug-likeness (QED) is 0.583. The fourth-order valence-corrected chi connectivity index (χ4v) is 3.10. The van der Waals surface area contributed by atoms with Gasteiger partial charge in [0.2, 0.25) is 0 Å². The van der Waals surface area contributed by atoms with E-state index in [1.54, 1.807) is 12.1 Å². The van der Waals surface area contributed by atoms with Crippen molar-refractivity contribution in [1.82, 2.24) is 0 Å². The normalized spacial score (nSPS) is 11.3. The van der Waals surface area contributed by atoms with Crippen molar-refractivity contribution in [2.75, 3.05) is 0 Å². The minimum atomic E-state index is -4.42. The zero-order valence-electron chi connectivity index (χ0n) is 11.4. The van der Waals surface area contributed by atoms with Gasteiger partial charge in [-0.05, 0) is 40.8 Å². The van der Waals surface area contributed by atoms with E-state index < -0.39 is 10.1 Å². The Kier molecular flexibility index (Phi) is 5.59. The van der Waals surface area contributed by atoms with Gasteiger partial charge in [0.05, 0.1) is 4.90 Å². The van der Waals surface area contributed by atoms with Crippen LogP contribution in [0.15, 0.2) is 35.2 Å². The molecule has 0 saturated heterocycles. The van der Waals surface area contributed by atoms with Gasteiger partial charge in [-0.2, -0.15) is 0 Å². The van der Waals surface area contributed by atoms with Crippen LogP contribution >= 0.6 is 0 Å². The Labute approximate surface area is 136 Å². The second kappa shape index (κ2) is 6.37. The molecule has 2 aromatic carbocycles. The van der Waals surface area contributed by atoms with Gasteiger partial charge >= 0.3 is 29.6 Å². The fraction of sp³-hybridized carbons (Fsp3) is 0.286. The van der Waals surface area contributed by atoms with Gasteiger partial charge in [-0.1, -0.05) is 38.1 Å². The smallest absolute Gasteiger partial charge is 0.744 e. The van der Waals surface area contributed by atoms with Crippen LogP contribution in [0.5, 0.6) is 0 Å². The van der Waals surface area contributed by atoms with Gasteiger partial charge in [0, 0.05) is 0 Å². The first-order chi connectivity index (χ1) is 8.49. The molecule has 0 aliphatic heterocycles. The molecule has 0 atom stereocenters. The van der Waals surface area contributed by atoms with Gasteiger partial charge in [0.1, 0.15) is 10.1 Å². The van der Waals surface area contributed by atoms with Crippen LogP contribution in [0.3, 0.4) is 0 Å². The van der Waals surface area contributed by atoms with E-state index in [9.17, 15) is 13.0 Å². The minimum Gasteiger partial charge on any atom is -0.744 e. The van der Waals surface area contributed by atoms with Crippen molar-refractivity contribution in [3.05, 3.63) is 41.5 Å². The van der Waals surface area contributed by atoms with Gasteiger partial charge in [0.25, 0.3) is 0 Å². The molecule has 0 radical (unpaired) electrons. The summed E-state index contributed by atoms with van der Waals surface area (Å²) in [5.74, 6) is 0. The first-order valence-corrected chi connectivity index (χ1v) is 7.39. The van der Waals surface area contributed by atoms with Crippen LogP contribution in [-0.4, -0.2) is 13.0 Å². The predicted octanol–water partition coefficient (Wildman–Crippen LogP) is -0.127. The van der Waals surface area contributed by atoms with E-state index in [4.69, 9.17) is 0 Å². The SMILES string of the molecule is CCc1ccc2c(S(=O)(=O)[O-])cccc2c1CC.[Na+]. The summed E-state index contributed by atoms with van der Waals surface area (Å²) in [6.45, 7) is 4.10. The topological polar surface area (TPSA) is 57.2 Å². The Morgan fingerprint density at radius 1 is 1.00 bits per heavy atom. The molecule has 0 saturated carbocycles. The summed E-state index contributed by atoms with van der Waals surface area (Å²) >= 11 is 0. The van der Waals surface area contributed by atoms with Crippen molar-refractivity contribution >= 4 is 20.9 Å². The molecule has 0 amide bonds. The Hall–Kier alpha value is -0.390. The molecule has 0 aliphatic carbocycles. The number of fused-ring (bicyclic) bond motifs is 1. The molecule has 96 valence electrons. The third-order valence-corrected chi connectivity index (χ3v) is 4.13. The molecule has 19 heavy (non-hydrogen) atoms. The summed E-state index contributed by atoms with van der Waals surface area (Å²) in [6, 6.07) is 8.53. The van der Waals surface area contributed by atoms with E-state index in [2.05, 4.69) is 6.92 Å². The maximum atomic E-state index is 11.2. The van der Waals surface area contributed by atoms with E-state index in [0.717, 1.165) is 23.8 Å². The summed E-state index contributed by atoms with van der Waals surface area (Å²) in [5, 5.41) is 1.40. The second-order valence-electron chi connectivity index (χ2n) is 4.22. The standard InChI is InChI=1S/C14H16O3S.Na/c1-3-10-8-9-13-12(11(10)4-2)6-5-7-14(13)18(15,16)17;/h5-9H,3-4H2,1-2H3,(H,15,16,17);/q;+1/p-1. The second-order valence-corrected chi connectivity index (χ2v) is 5.56. The summed E-state index contributed by atoms with van der Waals surface area (Å²) in [6.07, 6.45) is 1.72. The number of rotatable bonds is 3. The van der Waals surface area contributed by atoms with Gasteiger partial charge < -0.3 is 4.55 Å². The Balaban J connectivity index is 0.00000180. The van der Waals surface area contributed by atoms with Crippen molar-refractivity contribution in [3.8, 4) is 0 Å². The average Bonchev–Trinajstić information content (AvgIpc) is 2.35. The fourth-order valence-electron chi connectivity index (χ4n) is 2.40. The van der Waals surface area contributed by atoms with Crippen LogP contribution in [0.25, 0.3) is 10.8 Å². The predicted molar refractivity (Wildman–Crippen MR) is 70.7 cm³/mol. The molecule has 0 heterocycles. The van der Waals surface area contributed by atoms with Crippen LogP contribution in [0.4, 0.5) is 0 Å². The summed E-state index contributed by atoms with van der Waals surface area (Å²) in [4.78, 5) is -0.127. The summed E-state index contributed by atoms with van der Waals surface area (Å²) < 4.78 is 33.7. The van der Waals surface area contributed by atoms with Gasteiger partial charge in [-0.15, -0.1) is 0 Å². The first-order valence-electron chi connectivity index (χ1n) is 5.98. The maximum Gasteiger partial charge on any atom is 1.00 e. The van der Waals surface area contributed by atoms with Crippen LogP contribution < -0.4 is 29.6 Å². The molecule has 0 aliphatic rings. The number of benzene rings is 2. The third kappa shape index (κ3) is 3.20. The van der Waals surface area contributed by atoms with Crippen molar-refractivity contribution in [1.29, 1.82) is 0 Å². The van der Waals surface area contributed by atoms with Crippen molar-refractivity contribution in [2.45, 2.75) is 31.6 Å². The molecule has 5 heteroatoms. The van der Waals surface area contributed by atoms with Gasteiger partial charge in [-0.3, -0.25) is 0 Å². The largest absolute Gasteiger partial charge is 1.00 e. The van der Waals surface area contributed by atoms with Gasteiger partial charge in [-0.25, -0.2) is 8.42 Å². The first kappa shape index (κ1) is 16.7. The third-order valence-electron chi connectivity index (χ3n) is 3.23. The molecule has 0 bridgehead atoms. The Morgan fingerprint density at radius 2 is 1.68 bits per heavy atom. The molecule has 3 nitrogen and oxygen atoms in total. The average molecular weight is 286 g/mol. The van der Waals surface area contributed by atoms with Crippen LogP contribution in [0.2, 0.25) is 0 Å². The molecule has 2 rings (SSSR count). The molecule has 0 unspecified atom stereocenters. The van der Waals surface area contributed by atoms with E-state index in [1.165, 1.54) is 11.6 Å². The van der Waals surface area contributed by atoms with E-state index in [1.807, 2.05) is 19.1 Å². The van der Waals surface area contributed by atoms with E-state index in [0.29, 0.717) is 5.39 Å². The van der Waals surface area contributed by atoms with Crippen LogP contribution in [0.1, 0.15) is 25.0 Å². The van der Waals surface area contributed by atoms with Gasteiger partial charge in [0.15, 0.2) is 0 Å². The molecule has 0 aromatic heterocycles. The van der Waals surface area contributed by atoms with Crippen molar-refractivity contribution in [3.63, 3.8) is 0 Å². The molecule has 0 fully saturated rings. The van der Waals surface area contributed by atoms with Crippen LogP contribution in [0, 0.1) is 0 Å². The summed E-state index contributed by atoms with van der Waals surface area (Å²) in [5.41, 5.74) is 2.32.